The first-order valence-electron chi connectivity index (χ1n) is 5.99. The van der Waals surface area contributed by atoms with Crippen LogP contribution in [0.1, 0.15) is 40.0 Å². The van der Waals surface area contributed by atoms with Gasteiger partial charge in [-0.1, -0.05) is 23.3 Å². The second-order valence-electron chi connectivity index (χ2n) is 5.14. The van der Waals surface area contributed by atoms with Crippen LogP contribution in [-0.4, -0.2) is 0 Å². The van der Waals surface area contributed by atoms with Gasteiger partial charge >= 0.3 is 0 Å². The minimum Gasteiger partial charge on any atom is -0.0595 e. The average Bonchev–Trinajstić information content (AvgIpc) is 2.79. The lowest BCUT2D eigenvalue weighted by molar-refractivity contribution is 0.708. The first-order chi connectivity index (χ1) is 7.18. The Bertz CT molecular complexity index is 452. The van der Waals surface area contributed by atoms with Gasteiger partial charge in [0.15, 0.2) is 0 Å². The van der Waals surface area contributed by atoms with E-state index in [1.807, 2.05) is 0 Å². The smallest absolute Gasteiger partial charge is 0.00194 e. The van der Waals surface area contributed by atoms with Crippen molar-refractivity contribution in [3.8, 4) is 0 Å². The molecule has 0 aromatic heterocycles. The molecule has 78 valence electrons. The van der Waals surface area contributed by atoms with E-state index in [1.165, 1.54) is 36.0 Å². The van der Waals surface area contributed by atoms with Crippen LogP contribution in [0.5, 0.6) is 0 Å². The molecule has 0 aromatic carbocycles. The summed E-state index contributed by atoms with van der Waals surface area (Å²) in [6.07, 6.45) is 8.82. The molecule has 3 aliphatic rings. The van der Waals surface area contributed by atoms with Gasteiger partial charge in [-0.2, -0.15) is 0 Å². The maximum atomic E-state index is 2.36. The molecule has 0 radical (unpaired) electrons. The zero-order valence-corrected chi connectivity index (χ0v) is 9.85. The Morgan fingerprint density at radius 3 is 2.73 bits per heavy atom. The molecule has 0 heterocycles. The van der Waals surface area contributed by atoms with Crippen molar-refractivity contribution >= 4 is 0 Å². The van der Waals surface area contributed by atoms with Gasteiger partial charge in [0.25, 0.3) is 0 Å². The van der Waals surface area contributed by atoms with Crippen molar-refractivity contribution in [2.45, 2.75) is 40.0 Å². The van der Waals surface area contributed by atoms with Gasteiger partial charge in [0.1, 0.15) is 0 Å². The van der Waals surface area contributed by atoms with Gasteiger partial charge in [-0.05, 0) is 62.3 Å². The summed E-state index contributed by atoms with van der Waals surface area (Å²) in [6.45, 7) is 6.86. The summed E-state index contributed by atoms with van der Waals surface area (Å²) in [6, 6.07) is 0. The van der Waals surface area contributed by atoms with Crippen LogP contribution >= 0.6 is 0 Å². The molecule has 15 heavy (non-hydrogen) atoms. The Labute approximate surface area is 92.1 Å². The summed E-state index contributed by atoms with van der Waals surface area (Å²) in [7, 11) is 0. The highest BCUT2D eigenvalue weighted by atomic mass is 14.4. The topological polar surface area (TPSA) is 0 Å². The Morgan fingerprint density at radius 2 is 1.93 bits per heavy atom. The van der Waals surface area contributed by atoms with Gasteiger partial charge in [-0.3, -0.25) is 0 Å². The molecule has 0 spiro atoms. The van der Waals surface area contributed by atoms with E-state index in [-0.39, 0.29) is 0 Å². The first kappa shape index (κ1) is 9.21. The van der Waals surface area contributed by atoms with Crippen molar-refractivity contribution in [2.75, 3.05) is 0 Å². The minimum absolute atomic E-state index is 0.777. The van der Waals surface area contributed by atoms with Crippen molar-refractivity contribution in [1.82, 2.24) is 0 Å². The van der Waals surface area contributed by atoms with E-state index in [9.17, 15) is 0 Å². The monoisotopic (exact) mass is 198 g/mol. The Hall–Kier alpha value is -1.04. The van der Waals surface area contributed by atoms with Crippen molar-refractivity contribution < 1.29 is 0 Å². The lowest BCUT2D eigenvalue weighted by atomic mass is 9.79. The number of hydrogen-bond donors (Lipinski definition) is 0. The molecule has 0 amide bonds. The molecule has 1 atom stereocenters. The van der Waals surface area contributed by atoms with Crippen LogP contribution in [0.25, 0.3) is 0 Å². The molecule has 3 aliphatic carbocycles. The molecule has 1 saturated carbocycles. The summed E-state index contributed by atoms with van der Waals surface area (Å²) in [5.41, 5.74) is 9.38. The van der Waals surface area contributed by atoms with Gasteiger partial charge in [-0.25, -0.2) is 0 Å². The fourth-order valence-electron chi connectivity index (χ4n) is 3.42. The van der Waals surface area contributed by atoms with E-state index >= 15 is 0 Å². The molecule has 0 aliphatic heterocycles. The lowest BCUT2D eigenvalue weighted by Gasteiger charge is -2.26. The van der Waals surface area contributed by atoms with Crippen LogP contribution in [0.2, 0.25) is 0 Å². The zero-order valence-electron chi connectivity index (χ0n) is 9.85. The van der Waals surface area contributed by atoms with Gasteiger partial charge in [-0.15, -0.1) is 0 Å². The third-order valence-electron chi connectivity index (χ3n) is 4.23. The molecule has 1 fully saturated rings. The molecule has 0 N–H and O–H groups in total. The number of fused-ring (bicyclic) bond motifs is 2. The van der Waals surface area contributed by atoms with Crippen molar-refractivity contribution in [2.24, 2.45) is 5.92 Å². The van der Waals surface area contributed by atoms with Crippen LogP contribution in [0, 0.1) is 5.92 Å². The molecular weight excluding hydrogens is 180 g/mol. The summed E-state index contributed by atoms with van der Waals surface area (Å²) < 4.78 is 0. The van der Waals surface area contributed by atoms with E-state index in [4.69, 9.17) is 0 Å². The average molecular weight is 198 g/mol. The molecule has 0 nitrogen and oxygen atoms in total. The second-order valence-corrected chi connectivity index (χ2v) is 5.14. The van der Waals surface area contributed by atoms with Gasteiger partial charge in [0.2, 0.25) is 0 Å². The summed E-state index contributed by atoms with van der Waals surface area (Å²) in [5, 5.41) is 0. The van der Waals surface area contributed by atoms with Crippen LogP contribution in [-0.2, 0) is 0 Å². The summed E-state index contributed by atoms with van der Waals surface area (Å²) >= 11 is 0. The highest BCUT2D eigenvalue weighted by molar-refractivity contribution is 5.66. The third kappa shape index (κ3) is 1.14. The molecule has 0 saturated heterocycles. The van der Waals surface area contributed by atoms with Crippen LogP contribution in [0.4, 0.5) is 0 Å². The SMILES string of the molecule is CC1=CC2=C(C)C3CCCC3=C(C)C2=C1. The van der Waals surface area contributed by atoms with E-state index in [2.05, 4.69) is 32.9 Å². The van der Waals surface area contributed by atoms with E-state index < -0.39 is 0 Å². The van der Waals surface area contributed by atoms with Gasteiger partial charge in [0, 0.05) is 5.92 Å². The molecular formula is C15H18. The highest BCUT2D eigenvalue weighted by Gasteiger charge is 2.32. The Balaban J connectivity index is 2.21. The summed E-state index contributed by atoms with van der Waals surface area (Å²) in [4.78, 5) is 0. The molecule has 0 heteroatoms. The predicted molar refractivity (Wildman–Crippen MR) is 64.6 cm³/mol. The van der Waals surface area contributed by atoms with Gasteiger partial charge < -0.3 is 0 Å². The fourth-order valence-corrected chi connectivity index (χ4v) is 3.42. The maximum Gasteiger partial charge on any atom is 0.00194 e. The standard InChI is InChI=1S/C15H18/c1-9-7-14-10(2)12-5-4-6-13(12)11(3)15(14)8-9/h7-8,12H,4-6H2,1-3H3. The highest BCUT2D eigenvalue weighted by Crippen LogP contribution is 2.48. The Morgan fingerprint density at radius 1 is 1.13 bits per heavy atom. The lowest BCUT2D eigenvalue weighted by Crippen LogP contribution is -2.10. The second kappa shape index (κ2) is 2.98. The van der Waals surface area contributed by atoms with Crippen LogP contribution < -0.4 is 0 Å². The largest absolute Gasteiger partial charge is 0.0595 e. The van der Waals surface area contributed by atoms with E-state index in [0.29, 0.717) is 0 Å². The Kier molecular flexibility index (Phi) is 1.83. The molecule has 3 rings (SSSR count). The quantitative estimate of drug-likeness (QED) is 0.544. The molecule has 1 unspecified atom stereocenters. The van der Waals surface area contributed by atoms with E-state index in [0.717, 1.165) is 5.92 Å². The molecule has 0 aromatic rings. The van der Waals surface area contributed by atoms with Gasteiger partial charge in [0.05, 0.1) is 0 Å². The van der Waals surface area contributed by atoms with Crippen molar-refractivity contribution in [3.05, 3.63) is 45.6 Å². The number of hydrogen-bond acceptors (Lipinski definition) is 0. The summed E-state index contributed by atoms with van der Waals surface area (Å²) in [5.74, 6) is 0.777. The first-order valence-corrected chi connectivity index (χ1v) is 5.99. The number of allylic oxidation sites excluding steroid dienone is 8. The van der Waals surface area contributed by atoms with Crippen LogP contribution in [0.3, 0.4) is 0 Å². The van der Waals surface area contributed by atoms with Crippen molar-refractivity contribution in [3.63, 3.8) is 0 Å². The normalized spacial score (nSPS) is 29.1. The third-order valence-corrected chi connectivity index (χ3v) is 4.23. The minimum atomic E-state index is 0.777. The predicted octanol–water partition coefficient (Wildman–Crippen LogP) is 4.32. The maximum absolute atomic E-state index is 2.36. The fraction of sp³-hybridized carbons (Fsp3) is 0.467. The zero-order chi connectivity index (χ0) is 10.6. The molecule has 0 bridgehead atoms. The number of rotatable bonds is 0. The van der Waals surface area contributed by atoms with Crippen LogP contribution in [0.15, 0.2) is 45.6 Å². The van der Waals surface area contributed by atoms with Crippen molar-refractivity contribution in [1.29, 1.82) is 0 Å². The van der Waals surface area contributed by atoms with E-state index in [1.54, 1.807) is 16.7 Å².